The largest absolute Gasteiger partial charge is 0.444 e. The van der Waals surface area contributed by atoms with Gasteiger partial charge in [0, 0.05) is 31.5 Å². The van der Waals surface area contributed by atoms with E-state index in [1.54, 1.807) is 34.0 Å². The van der Waals surface area contributed by atoms with Crippen LogP contribution < -0.4 is 10.0 Å². The second kappa shape index (κ2) is 7.10. The van der Waals surface area contributed by atoms with E-state index in [9.17, 15) is 13.2 Å². The van der Waals surface area contributed by atoms with E-state index >= 15 is 0 Å². The second-order valence-electron chi connectivity index (χ2n) is 7.09. The number of hydrogen-bond donors (Lipinski definition) is 2. The fraction of sp³-hybridized carbons (Fsp3) is 0.733. The maximum absolute atomic E-state index is 12.5. The van der Waals surface area contributed by atoms with Gasteiger partial charge in [0.2, 0.25) is 5.16 Å². The van der Waals surface area contributed by atoms with Crippen molar-refractivity contribution >= 4 is 16.1 Å². The van der Waals surface area contributed by atoms with E-state index in [4.69, 9.17) is 4.74 Å². The van der Waals surface area contributed by atoms with Crippen molar-refractivity contribution in [2.45, 2.75) is 69.3 Å². The van der Waals surface area contributed by atoms with Crippen LogP contribution >= 0.6 is 0 Å². The Morgan fingerprint density at radius 3 is 2.46 bits per heavy atom. The maximum Gasteiger partial charge on any atom is 0.407 e. The van der Waals surface area contributed by atoms with E-state index < -0.39 is 21.7 Å². The van der Waals surface area contributed by atoms with Crippen molar-refractivity contribution in [1.82, 2.24) is 19.6 Å². The van der Waals surface area contributed by atoms with Gasteiger partial charge in [-0.05, 0) is 33.6 Å². The van der Waals surface area contributed by atoms with Crippen molar-refractivity contribution in [2.24, 2.45) is 7.05 Å². The minimum Gasteiger partial charge on any atom is -0.444 e. The number of carbonyl (C=O) groups is 1. The lowest BCUT2D eigenvalue weighted by atomic mass is 9.91. The molecule has 0 aromatic carbocycles. The molecule has 9 heteroatoms. The molecule has 0 saturated heterocycles. The summed E-state index contributed by atoms with van der Waals surface area (Å²) in [6.45, 7) is 5.36. The number of imidazole rings is 1. The average molecular weight is 358 g/mol. The molecule has 0 radical (unpaired) electrons. The van der Waals surface area contributed by atoms with Gasteiger partial charge in [-0.25, -0.2) is 22.9 Å². The average Bonchev–Trinajstić information content (AvgIpc) is 2.85. The predicted molar refractivity (Wildman–Crippen MR) is 88.9 cm³/mol. The standard InChI is InChI=1S/C15H26N4O4S/c1-15(2,3)23-14(20)17-11-7-5-6-8-12(11)18-24(21,22)13-16-9-10-19(13)4/h9-12,18H,5-8H2,1-4H3,(H,17,20)/t11-,12-/m1/s1. The van der Waals surface area contributed by atoms with Crippen LogP contribution in [-0.2, 0) is 21.8 Å². The number of ether oxygens (including phenoxy) is 1. The number of nitrogens with zero attached hydrogens (tertiary/aromatic N) is 2. The Morgan fingerprint density at radius 1 is 1.29 bits per heavy atom. The molecule has 1 aromatic rings. The van der Waals surface area contributed by atoms with Crippen LogP contribution in [0.2, 0.25) is 0 Å². The first kappa shape index (κ1) is 18.7. The Bertz CT molecular complexity index is 678. The van der Waals surface area contributed by atoms with Crippen LogP contribution in [0.5, 0.6) is 0 Å². The molecule has 1 aliphatic carbocycles. The normalized spacial score (nSPS) is 22.2. The van der Waals surface area contributed by atoms with Crippen molar-refractivity contribution < 1.29 is 17.9 Å². The van der Waals surface area contributed by atoms with Crippen molar-refractivity contribution in [3.8, 4) is 0 Å². The molecule has 136 valence electrons. The molecule has 0 spiro atoms. The van der Waals surface area contributed by atoms with Gasteiger partial charge in [0.25, 0.3) is 10.0 Å². The third-order valence-corrected chi connectivity index (χ3v) is 5.28. The molecule has 0 bridgehead atoms. The molecule has 8 nitrogen and oxygen atoms in total. The minimum absolute atomic E-state index is 0.0379. The van der Waals surface area contributed by atoms with Gasteiger partial charge in [-0.15, -0.1) is 0 Å². The smallest absolute Gasteiger partial charge is 0.407 e. The Kier molecular flexibility index (Phi) is 5.54. The van der Waals surface area contributed by atoms with Crippen molar-refractivity contribution in [3.05, 3.63) is 12.4 Å². The van der Waals surface area contributed by atoms with Crippen LogP contribution in [0.3, 0.4) is 0 Å². The zero-order valence-electron chi connectivity index (χ0n) is 14.6. The molecule has 1 amide bonds. The van der Waals surface area contributed by atoms with E-state index in [2.05, 4.69) is 15.0 Å². The number of nitrogens with one attached hydrogen (secondary N) is 2. The molecular weight excluding hydrogens is 332 g/mol. The fourth-order valence-electron chi connectivity index (χ4n) is 2.77. The minimum atomic E-state index is -3.74. The number of alkyl carbamates (subject to hydrolysis) is 1. The van der Waals surface area contributed by atoms with Crippen molar-refractivity contribution in [3.63, 3.8) is 0 Å². The van der Waals surface area contributed by atoms with E-state index in [-0.39, 0.29) is 17.2 Å². The summed E-state index contributed by atoms with van der Waals surface area (Å²) < 4.78 is 34.4. The highest BCUT2D eigenvalue weighted by molar-refractivity contribution is 7.89. The van der Waals surface area contributed by atoms with Gasteiger partial charge >= 0.3 is 6.09 Å². The van der Waals surface area contributed by atoms with E-state index in [0.29, 0.717) is 12.8 Å². The van der Waals surface area contributed by atoms with Gasteiger partial charge in [0.05, 0.1) is 0 Å². The van der Waals surface area contributed by atoms with E-state index in [0.717, 1.165) is 12.8 Å². The van der Waals surface area contributed by atoms with Gasteiger partial charge < -0.3 is 14.6 Å². The molecule has 0 aliphatic heterocycles. The summed E-state index contributed by atoms with van der Waals surface area (Å²) in [6.07, 6.45) is 5.67. The van der Waals surface area contributed by atoms with Crippen molar-refractivity contribution in [2.75, 3.05) is 0 Å². The molecule has 24 heavy (non-hydrogen) atoms. The topological polar surface area (TPSA) is 102 Å². The molecule has 1 aromatic heterocycles. The highest BCUT2D eigenvalue weighted by Gasteiger charge is 2.33. The number of aromatic nitrogens is 2. The monoisotopic (exact) mass is 358 g/mol. The highest BCUT2D eigenvalue weighted by Crippen LogP contribution is 2.21. The lowest BCUT2D eigenvalue weighted by Crippen LogP contribution is -2.54. The molecule has 1 fully saturated rings. The first-order valence-electron chi connectivity index (χ1n) is 8.08. The molecular formula is C15H26N4O4S. The van der Waals surface area contributed by atoms with Crippen LogP contribution in [0, 0.1) is 0 Å². The predicted octanol–water partition coefficient (Wildman–Crippen LogP) is 1.53. The van der Waals surface area contributed by atoms with Gasteiger partial charge in [0.1, 0.15) is 5.60 Å². The van der Waals surface area contributed by atoms with Gasteiger partial charge in [-0.1, -0.05) is 12.8 Å². The summed E-state index contributed by atoms with van der Waals surface area (Å²) in [6, 6.07) is -0.684. The van der Waals surface area contributed by atoms with Crippen LogP contribution in [0.15, 0.2) is 17.6 Å². The summed E-state index contributed by atoms with van der Waals surface area (Å²) >= 11 is 0. The molecule has 2 N–H and O–H groups in total. The third kappa shape index (κ3) is 4.94. The quantitative estimate of drug-likeness (QED) is 0.850. The number of rotatable bonds is 4. The first-order valence-corrected chi connectivity index (χ1v) is 9.56. The summed E-state index contributed by atoms with van der Waals surface area (Å²) in [4.78, 5) is 15.9. The van der Waals surface area contributed by atoms with Crippen LogP contribution in [0.25, 0.3) is 0 Å². The van der Waals surface area contributed by atoms with Crippen LogP contribution in [0.1, 0.15) is 46.5 Å². The molecule has 2 rings (SSSR count). The van der Waals surface area contributed by atoms with E-state index in [1.165, 1.54) is 10.8 Å². The summed E-state index contributed by atoms with van der Waals surface area (Å²) in [7, 11) is -2.12. The lowest BCUT2D eigenvalue weighted by Gasteiger charge is -2.33. The van der Waals surface area contributed by atoms with Gasteiger partial charge in [0.15, 0.2) is 0 Å². The Morgan fingerprint density at radius 2 is 1.92 bits per heavy atom. The summed E-state index contributed by atoms with van der Waals surface area (Å²) in [5.41, 5.74) is -0.597. The number of sulfonamides is 1. The summed E-state index contributed by atoms with van der Waals surface area (Å²) in [5, 5.41) is 2.75. The molecule has 2 atom stereocenters. The number of aryl methyl sites for hydroxylation is 1. The Hall–Kier alpha value is -1.61. The van der Waals surface area contributed by atoms with Crippen LogP contribution in [-0.4, -0.2) is 41.7 Å². The highest BCUT2D eigenvalue weighted by atomic mass is 32.2. The summed E-state index contributed by atoms with van der Waals surface area (Å²) in [5.74, 6) is 0. The third-order valence-electron chi connectivity index (χ3n) is 3.79. The molecule has 1 saturated carbocycles. The van der Waals surface area contributed by atoms with E-state index in [1.807, 2.05) is 0 Å². The fourth-order valence-corrected chi connectivity index (χ4v) is 4.19. The molecule has 0 unspecified atom stereocenters. The Balaban J connectivity index is 2.07. The second-order valence-corrected chi connectivity index (χ2v) is 8.69. The van der Waals surface area contributed by atoms with Gasteiger partial charge in [-0.3, -0.25) is 0 Å². The zero-order valence-corrected chi connectivity index (χ0v) is 15.4. The van der Waals surface area contributed by atoms with Gasteiger partial charge in [-0.2, -0.15) is 0 Å². The molecule has 1 heterocycles. The number of hydrogen-bond acceptors (Lipinski definition) is 5. The molecule has 1 aliphatic rings. The lowest BCUT2D eigenvalue weighted by molar-refractivity contribution is 0.0483. The van der Waals surface area contributed by atoms with Crippen LogP contribution in [0.4, 0.5) is 4.79 Å². The zero-order chi connectivity index (χ0) is 18.0. The maximum atomic E-state index is 12.5. The van der Waals surface area contributed by atoms with Crippen molar-refractivity contribution in [1.29, 1.82) is 0 Å². The number of amides is 1. The SMILES string of the molecule is Cn1ccnc1S(=O)(=O)N[C@@H]1CCCC[C@H]1NC(=O)OC(C)(C)C. The first-order chi connectivity index (χ1) is 11.1. The Labute approximate surface area is 143 Å². The number of carbonyl (C=O) groups excluding carboxylic acids is 1.